The molecule has 0 radical (unpaired) electrons. The number of carbonyl (C=O) groups excluding carboxylic acids is 1. The van der Waals surface area contributed by atoms with Gasteiger partial charge < -0.3 is 9.22 Å². The fourth-order valence-corrected chi connectivity index (χ4v) is 2.94. The molecule has 0 saturated heterocycles. The first-order chi connectivity index (χ1) is 8.67. The van der Waals surface area contributed by atoms with Crippen molar-refractivity contribution in [1.29, 1.82) is 0 Å². The van der Waals surface area contributed by atoms with Crippen LogP contribution in [0.25, 0.3) is 0 Å². The summed E-state index contributed by atoms with van der Waals surface area (Å²) in [6, 6.07) is 0. The average molecular weight is 256 g/mol. The van der Waals surface area contributed by atoms with Crippen LogP contribution in [0.15, 0.2) is 0 Å². The number of rotatable bonds is 7. The summed E-state index contributed by atoms with van der Waals surface area (Å²) in [5.74, 6) is 0.238. The SMILES string of the molecule is CC[N+](CC)(CC)CCOC(=O)C1CCCCC1. The molecule has 0 heterocycles. The molecule has 0 bridgehead atoms. The second-order valence-electron chi connectivity index (χ2n) is 5.52. The number of hydrogen-bond acceptors (Lipinski definition) is 2. The Labute approximate surface area is 112 Å². The van der Waals surface area contributed by atoms with Crippen LogP contribution in [0.1, 0.15) is 52.9 Å². The molecule has 0 aromatic rings. The molecule has 0 aliphatic heterocycles. The zero-order chi connectivity index (χ0) is 13.4. The van der Waals surface area contributed by atoms with E-state index in [1.165, 1.54) is 19.3 Å². The second kappa shape index (κ2) is 7.78. The van der Waals surface area contributed by atoms with E-state index >= 15 is 0 Å². The lowest BCUT2D eigenvalue weighted by atomic mass is 9.89. The first kappa shape index (κ1) is 15.5. The molecule has 0 aromatic carbocycles. The highest BCUT2D eigenvalue weighted by Gasteiger charge is 2.25. The van der Waals surface area contributed by atoms with Crippen molar-refractivity contribution in [2.24, 2.45) is 5.92 Å². The fourth-order valence-electron chi connectivity index (χ4n) is 2.94. The maximum Gasteiger partial charge on any atom is 0.309 e. The molecule has 1 fully saturated rings. The Kier molecular flexibility index (Phi) is 6.69. The summed E-state index contributed by atoms with van der Waals surface area (Å²) < 4.78 is 6.54. The lowest BCUT2D eigenvalue weighted by Crippen LogP contribution is -2.49. The third-order valence-corrected chi connectivity index (χ3v) is 4.76. The number of hydrogen-bond donors (Lipinski definition) is 0. The summed E-state index contributed by atoms with van der Waals surface area (Å²) in [5, 5.41) is 0. The Bertz CT molecular complexity index is 235. The largest absolute Gasteiger partial charge is 0.459 e. The minimum atomic E-state index is 0.0520. The monoisotopic (exact) mass is 256 g/mol. The van der Waals surface area contributed by atoms with Crippen molar-refractivity contribution >= 4 is 5.97 Å². The number of nitrogens with zero attached hydrogens (tertiary/aromatic N) is 1. The van der Waals surface area contributed by atoms with Gasteiger partial charge in [-0.15, -0.1) is 0 Å². The highest BCUT2D eigenvalue weighted by atomic mass is 16.5. The quantitative estimate of drug-likeness (QED) is 0.517. The fraction of sp³-hybridized carbons (Fsp3) is 0.933. The Balaban J connectivity index is 2.29. The van der Waals surface area contributed by atoms with Crippen molar-refractivity contribution in [1.82, 2.24) is 0 Å². The Morgan fingerprint density at radius 3 is 2.11 bits per heavy atom. The van der Waals surface area contributed by atoms with E-state index in [4.69, 9.17) is 4.74 Å². The van der Waals surface area contributed by atoms with E-state index < -0.39 is 0 Å². The van der Waals surface area contributed by atoms with Crippen LogP contribution >= 0.6 is 0 Å². The third kappa shape index (κ3) is 4.27. The van der Waals surface area contributed by atoms with Crippen LogP contribution in [0.5, 0.6) is 0 Å². The molecule has 0 unspecified atom stereocenters. The van der Waals surface area contributed by atoms with E-state index in [0.717, 1.165) is 43.5 Å². The molecular weight excluding hydrogens is 226 g/mol. The second-order valence-corrected chi connectivity index (χ2v) is 5.52. The lowest BCUT2D eigenvalue weighted by molar-refractivity contribution is -0.923. The van der Waals surface area contributed by atoms with Gasteiger partial charge in [-0.05, 0) is 33.6 Å². The smallest absolute Gasteiger partial charge is 0.309 e. The summed E-state index contributed by atoms with van der Waals surface area (Å²) in [6.45, 7) is 11.6. The van der Waals surface area contributed by atoms with Crippen LogP contribution in [-0.2, 0) is 9.53 Å². The lowest BCUT2D eigenvalue weighted by Gasteiger charge is -2.35. The van der Waals surface area contributed by atoms with Crippen LogP contribution in [0, 0.1) is 5.92 Å². The van der Waals surface area contributed by atoms with Crippen LogP contribution in [0.4, 0.5) is 0 Å². The Morgan fingerprint density at radius 1 is 1.06 bits per heavy atom. The molecule has 18 heavy (non-hydrogen) atoms. The standard InChI is InChI=1S/C15H30NO2/c1-4-16(5-2,6-3)12-13-18-15(17)14-10-8-7-9-11-14/h14H,4-13H2,1-3H3/q+1. The number of carbonyl (C=O) groups is 1. The van der Waals surface area contributed by atoms with Gasteiger partial charge in [0.2, 0.25) is 0 Å². The molecule has 1 rings (SSSR count). The van der Waals surface area contributed by atoms with Gasteiger partial charge in [0, 0.05) is 0 Å². The van der Waals surface area contributed by atoms with Crippen molar-refractivity contribution in [3.63, 3.8) is 0 Å². The molecule has 3 nitrogen and oxygen atoms in total. The van der Waals surface area contributed by atoms with Gasteiger partial charge in [-0.3, -0.25) is 4.79 Å². The van der Waals surface area contributed by atoms with Crippen LogP contribution in [0.2, 0.25) is 0 Å². The zero-order valence-electron chi connectivity index (χ0n) is 12.4. The minimum absolute atomic E-state index is 0.0520. The van der Waals surface area contributed by atoms with Crippen molar-refractivity contribution in [3.8, 4) is 0 Å². The molecule has 0 N–H and O–H groups in total. The molecule has 1 aliphatic rings. The molecule has 1 saturated carbocycles. The average Bonchev–Trinajstić information content (AvgIpc) is 2.45. The summed E-state index contributed by atoms with van der Waals surface area (Å²) in [6.07, 6.45) is 5.74. The Hall–Kier alpha value is -0.570. The highest BCUT2D eigenvalue weighted by Crippen LogP contribution is 2.24. The van der Waals surface area contributed by atoms with Gasteiger partial charge in [-0.1, -0.05) is 19.3 Å². The summed E-state index contributed by atoms with van der Waals surface area (Å²) in [5.41, 5.74) is 0. The van der Waals surface area contributed by atoms with Gasteiger partial charge in [-0.25, -0.2) is 0 Å². The number of esters is 1. The first-order valence-electron chi connectivity index (χ1n) is 7.69. The predicted molar refractivity (Wildman–Crippen MR) is 74.3 cm³/mol. The number of ether oxygens (including phenoxy) is 1. The third-order valence-electron chi connectivity index (χ3n) is 4.76. The van der Waals surface area contributed by atoms with Gasteiger partial charge in [-0.2, -0.15) is 0 Å². The van der Waals surface area contributed by atoms with Crippen molar-refractivity contribution in [3.05, 3.63) is 0 Å². The maximum absolute atomic E-state index is 11.9. The summed E-state index contributed by atoms with van der Waals surface area (Å²) in [7, 11) is 0. The van der Waals surface area contributed by atoms with Crippen LogP contribution in [-0.4, -0.2) is 43.2 Å². The maximum atomic E-state index is 11.9. The molecular formula is C15H30NO2+. The normalized spacial score (nSPS) is 17.7. The van der Waals surface area contributed by atoms with Gasteiger partial charge in [0.15, 0.2) is 0 Å². The van der Waals surface area contributed by atoms with E-state index in [1.807, 2.05) is 0 Å². The molecule has 0 aromatic heterocycles. The minimum Gasteiger partial charge on any atom is -0.459 e. The van der Waals surface area contributed by atoms with Gasteiger partial charge in [0.05, 0.1) is 25.6 Å². The first-order valence-corrected chi connectivity index (χ1v) is 7.69. The van der Waals surface area contributed by atoms with E-state index in [2.05, 4.69) is 20.8 Å². The molecule has 3 heteroatoms. The summed E-state index contributed by atoms with van der Waals surface area (Å²) >= 11 is 0. The number of quaternary nitrogens is 1. The zero-order valence-corrected chi connectivity index (χ0v) is 12.4. The molecule has 1 aliphatic carbocycles. The van der Waals surface area contributed by atoms with E-state index in [-0.39, 0.29) is 11.9 Å². The molecule has 106 valence electrons. The van der Waals surface area contributed by atoms with E-state index in [9.17, 15) is 4.79 Å². The van der Waals surface area contributed by atoms with E-state index in [1.54, 1.807) is 0 Å². The van der Waals surface area contributed by atoms with Crippen molar-refractivity contribution < 1.29 is 14.0 Å². The Morgan fingerprint density at radius 2 is 1.61 bits per heavy atom. The van der Waals surface area contributed by atoms with Gasteiger partial charge >= 0.3 is 5.97 Å². The topological polar surface area (TPSA) is 26.3 Å². The van der Waals surface area contributed by atoms with E-state index in [0.29, 0.717) is 6.61 Å². The highest BCUT2D eigenvalue weighted by molar-refractivity contribution is 5.72. The van der Waals surface area contributed by atoms with Crippen LogP contribution in [0.3, 0.4) is 0 Å². The summed E-state index contributed by atoms with van der Waals surface area (Å²) in [4.78, 5) is 11.9. The molecule has 0 atom stereocenters. The molecule has 0 spiro atoms. The van der Waals surface area contributed by atoms with Crippen molar-refractivity contribution in [2.75, 3.05) is 32.8 Å². The van der Waals surface area contributed by atoms with Crippen molar-refractivity contribution in [2.45, 2.75) is 52.9 Å². The van der Waals surface area contributed by atoms with Gasteiger partial charge in [0.25, 0.3) is 0 Å². The number of likely N-dealkylation sites (N-methyl/N-ethyl adjacent to an activating group) is 1. The molecule has 0 amide bonds. The van der Waals surface area contributed by atoms with Crippen LogP contribution < -0.4 is 0 Å². The van der Waals surface area contributed by atoms with Gasteiger partial charge in [0.1, 0.15) is 13.2 Å². The predicted octanol–water partition coefficient (Wildman–Crippen LogP) is 2.99.